The molecule has 210 valence electrons. The van der Waals surface area contributed by atoms with Crippen LogP contribution in [0.25, 0.3) is 11.4 Å². The largest absolute Gasteiger partial charge is 0.351 e. The summed E-state index contributed by atoms with van der Waals surface area (Å²) in [5, 5.41) is 7.82. The lowest BCUT2D eigenvalue weighted by Gasteiger charge is -2.32. The first kappa shape index (κ1) is 30.8. The summed E-state index contributed by atoms with van der Waals surface area (Å²) >= 11 is 0. The van der Waals surface area contributed by atoms with Crippen molar-refractivity contribution in [3.05, 3.63) is 141 Å². The minimum atomic E-state index is 0.185. The molecule has 1 aliphatic heterocycles. The Morgan fingerprint density at radius 3 is 1.38 bits per heavy atom. The van der Waals surface area contributed by atoms with Crippen LogP contribution in [0, 0.1) is 5.41 Å². The van der Waals surface area contributed by atoms with Crippen molar-refractivity contribution in [2.24, 2.45) is 5.41 Å². The van der Waals surface area contributed by atoms with Crippen molar-refractivity contribution in [3.8, 4) is 0 Å². The number of allylic oxidation sites excluding steroid dienone is 10. The zero-order valence-corrected chi connectivity index (χ0v) is 26.3. The Kier molecular flexibility index (Phi) is 10.4. The molecule has 0 radical (unpaired) electrons. The van der Waals surface area contributed by atoms with Crippen LogP contribution in [-0.4, -0.2) is 0 Å². The topological polar surface area (TPSA) is 24.1 Å². The number of hydrogen-bond acceptors (Lipinski definition) is 2. The minimum Gasteiger partial charge on any atom is -0.351 e. The lowest BCUT2D eigenvalue weighted by molar-refractivity contribution is 0.429. The molecule has 0 fully saturated rings. The molecule has 2 nitrogen and oxygen atoms in total. The Morgan fingerprint density at radius 1 is 0.600 bits per heavy atom. The third-order valence-corrected chi connectivity index (χ3v) is 8.26. The molecule has 2 N–H and O–H groups in total. The summed E-state index contributed by atoms with van der Waals surface area (Å²) in [6.45, 7) is 22.2. The van der Waals surface area contributed by atoms with Gasteiger partial charge < -0.3 is 10.6 Å². The van der Waals surface area contributed by atoms with Crippen molar-refractivity contribution in [2.45, 2.75) is 75.7 Å². The van der Waals surface area contributed by atoms with Crippen molar-refractivity contribution in [1.82, 2.24) is 10.6 Å². The lowest BCUT2D eigenvalue weighted by Crippen LogP contribution is -2.32. The van der Waals surface area contributed by atoms with Crippen molar-refractivity contribution in [1.29, 1.82) is 0 Å². The maximum absolute atomic E-state index is 3.91. The van der Waals surface area contributed by atoms with Gasteiger partial charge >= 0.3 is 0 Å². The van der Waals surface area contributed by atoms with Gasteiger partial charge in [-0.1, -0.05) is 117 Å². The molecule has 0 bridgehead atoms. The number of benzene rings is 2. The highest BCUT2D eigenvalue weighted by molar-refractivity contribution is 5.93. The maximum Gasteiger partial charge on any atom is 0.0703 e. The van der Waals surface area contributed by atoms with Crippen LogP contribution in [0.2, 0.25) is 0 Å². The Labute approximate surface area is 243 Å². The molecule has 0 unspecified atom stereocenters. The SMILES string of the molecule is CCC(C)(C)/C(C)=C/C=C(C)/C(C)=C1\NC(c2ccccc2)=C(c2ccccc2)N\C1=C(C)/C(C)=C/C=C(C)C. The van der Waals surface area contributed by atoms with Crippen LogP contribution in [0.1, 0.15) is 86.8 Å². The lowest BCUT2D eigenvalue weighted by atomic mass is 9.82. The summed E-state index contributed by atoms with van der Waals surface area (Å²) in [6.07, 6.45) is 10.1. The van der Waals surface area contributed by atoms with Crippen LogP contribution < -0.4 is 10.6 Å². The smallest absolute Gasteiger partial charge is 0.0703 e. The minimum absolute atomic E-state index is 0.185. The Balaban J connectivity index is 2.30. The van der Waals surface area contributed by atoms with E-state index in [2.05, 4.69) is 165 Å². The first-order valence-corrected chi connectivity index (χ1v) is 14.5. The van der Waals surface area contributed by atoms with E-state index >= 15 is 0 Å². The third kappa shape index (κ3) is 7.45. The second kappa shape index (κ2) is 13.5. The quantitative estimate of drug-likeness (QED) is 0.330. The van der Waals surface area contributed by atoms with E-state index in [0.29, 0.717) is 0 Å². The van der Waals surface area contributed by atoms with Gasteiger partial charge in [0.25, 0.3) is 0 Å². The molecule has 0 saturated carbocycles. The third-order valence-electron chi connectivity index (χ3n) is 8.26. The molecular formula is C38H48N2. The van der Waals surface area contributed by atoms with Crippen LogP contribution in [-0.2, 0) is 0 Å². The maximum atomic E-state index is 3.91. The predicted molar refractivity (Wildman–Crippen MR) is 176 cm³/mol. The van der Waals surface area contributed by atoms with E-state index in [1.807, 2.05) is 0 Å². The molecule has 0 aromatic heterocycles. The first-order chi connectivity index (χ1) is 19.0. The fourth-order valence-electron chi connectivity index (χ4n) is 4.40. The van der Waals surface area contributed by atoms with Crippen molar-refractivity contribution in [3.63, 3.8) is 0 Å². The van der Waals surface area contributed by atoms with Crippen molar-refractivity contribution >= 4 is 11.4 Å². The molecule has 0 aliphatic carbocycles. The summed E-state index contributed by atoms with van der Waals surface area (Å²) < 4.78 is 0. The summed E-state index contributed by atoms with van der Waals surface area (Å²) in [6, 6.07) is 21.2. The Bertz CT molecular complexity index is 1410. The van der Waals surface area contributed by atoms with E-state index in [1.165, 1.54) is 33.4 Å². The number of nitrogens with one attached hydrogen (secondary N) is 2. The average molecular weight is 533 g/mol. The van der Waals surface area contributed by atoms with Gasteiger partial charge in [-0.15, -0.1) is 0 Å². The van der Waals surface area contributed by atoms with Crippen molar-refractivity contribution < 1.29 is 0 Å². The van der Waals surface area contributed by atoms with Gasteiger partial charge in [0.1, 0.15) is 0 Å². The highest BCUT2D eigenvalue weighted by atomic mass is 15.1. The molecule has 2 aromatic carbocycles. The monoisotopic (exact) mass is 532 g/mol. The molecule has 0 amide bonds. The van der Waals surface area contributed by atoms with Gasteiger partial charge in [-0.2, -0.15) is 0 Å². The van der Waals surface area contributed by atoms with Gasteiger partial charge in [0.2, 0.25) is 0 Å². The fourth-order valence-corrected chi connectivity index (χ4v) is 4.40. The van der Waals surface area contributed by atoms with Crippen LogP contribution in [0.3, 0.4) is 0 Å². The van der Waals surface area contributed by atoms with Crippen LogP contribution >= 0.6 is 0 Å². The molecule has 0 saturated heterocycles. The molecular weight excluding hydrogens is 484 g/mol. The average Bonchev–Trinajstić information content (AvgIpc) is 2.97. The van der Waals surface area contributed by atoms with Crippen LogP contribution in [0.4, 0.5) is 0 Å². The summed E-state index contributed by atoms with van der Waals surface area (Å²) in [5.74, 6) is 0. The second-order valence-electron chi connectivity index (χ2n) is 11.8. The number of hydrogen-bond donors (Lipinski definition) is 2. The zero-order chi connectivity index (χ0) is 29.4. The Hall–Kier alpha value is -3.78. The van der Waals surface area contributed by atoms with E-state index in [-0.39, 0.29) is 5.41 Å². The second-order valence-corrected chi connectivity index (χ2v) is 11.8. The van der Waals surface area contributed by atoms with Crippen molar-refractivity contribution in [2.75, 3.05) is 0 Å². The van der Waals surface area contributed by atoms with E-state index in [1.54, 1.807) is 0 Å². The molecule has 0 atom stereocenters. The summed E-state index contributed by atoms with van der Waals surface area (Å²) in [7, 11) is 0. The van der Waals surface area contributed by atoms with Gasteiger partial charge in [-0.3, -0.25) is 0 Å². The molecule has 2 aromatic rings. The molecule has 1 heterocycles. The van der Waals surface area contributed by atoms with E-state index in [4.69, 9.17) is 0 Å². The van der Waals surface area contributed by atoms with Gasteiger partial charge in [-0.25, -0.2) is 0 Å². The standard InChI is InChI=1S/C38H48N2/c1-11-38(9,10)29(6)25-24-28(5)31(8)35-34(30(7)27(4)23-22-26(2)3)39-36(32-18-14-12-15-19-32)37(40-35)33-20-16-13-17-21-33/h12-25,39-40H,11H2,1-10H3/b27-23+,28-24+,29-25+,34-30-,35-31-. The highest BCUT2D eigenvalue weighted by Crippen LogP contribution is 2.35. The van der Waals surface area contributed by atoms with Gasteiger partial charge in [0.05, 0.1) is 22.8 Å². The van der Waals surface area contributed by atoms with Gasteiger partial charge in [0.15, 0.2) is 0 Å². The normalized spacial score (nSPS) is 17.7. The molecule has 2 heteroatoms. The van der Waals surface area contributed by atoms with Crippen LogP contribution in [0.15, 0.2) is 130 Å². The Morgan fingerprint density at radius 2 is 1.00 bits per heavy atom. The zero-order valence-electron chi connectivity index (χ0n) is 26.3. The predicted octanol–water partition coefficient (Wildman–Crippen LogP) is 10.5. The molecule has 1 aliphatic rings. The van der Waals surface area contributed by atoms with Crippen LogP contribution in [0.5, 0.6) is 0 Å². The molecule has 0 spiro atoms. The van der Waals surface area contributed by atoms with Gasteiger partial charge in [-0.05, 0) is 82.6 Å². The van der Waals surface area contributed by atoms with E-state index in [9.17, 15) is 0 Å². The summed E-state index contributed by atoms with van der Waals surface area (Å²) in [5.41, 5.74) is 14.4. The summed E-state index contributed by atoms with van der Waals surface area (Å²) in [4.78, 5) is 0. The highest BCUT2D eigenvalue weighted by Gasteiger charge is 2.25. The van der Waals surface area contributed by atoms with E-state index < -0.39 is 0 Å². The first-order valence-electron chi connectivity index (χ1n) is 14.5. The fraction of sp³-hybridized carbons (Fsp3) is 0.316. The van der Waals surface area contributed by atoms with Gasteiger partial charge in [0, 0.05) is 11.1 Å². The van der Waals surface area contributed by atoms with E-state index in [0.717, 1.165) is 40.3 Å². The number of rotatable bonds is 8. The molecule has 3 rings (SSSR count). The molecule has 40 heavy (non-hydrogen) atoms.